The number of aromatic nitrogens is 2. The average Bonchev–Trinajstić information content (AvgIpc) is 2.96. The summed E-state index contributed by atoms with van der Waals surface area (Å²) in [7, 11) is 0. The molecular weight excluding hydrogens is 316 g/mol. The summed E-state index contributed by atoms with van der Waals surface area (Å²) in [5.74, 6) is -0.175. The molecule has 0 radical (unpaired) electrons. The van der Waals surface area contributed by atoms with E-state index in [1.54, 1.807) is 28.4 Å². The van der Waals surface area contributed by atoms with Crippen LogP contribution in [0.2, 0.25) is 0 Å². The van der Waals surface area contributed by atoms with Gasteiger partial charge in [0.1, 0.15) is 5.69 Å². The van der Waals surface area contributed by atoms with E-state index in [-0.39, 0.29) is 5.91 Å². The standard InChI is InChI=1S/C11H13BrN4OS/c12-8-1-4-18-10(8)5-14-11(17)9-6-16(3-2-13)7-15-9/h1,4,6-7H,2-3,5,13H2,(H,14,17). The second-order valence-electron chi connectivity index (χ2n) is 3.66. The largest absolute Gasteiger partial charge is 0.346 e. The second kappa shape index (κ2) is 6.12. The van der Waals surface area contributed by atoms with Gasteiger partial charge in [-0.2, -0.15) is 0 Å². The number of nitrogens with zero attached hydrogens (tertiary/aromatic N) is 2. The van der Waals surface area contributed by atoms with E-state index in [4.69, 9.17) is 5.73 Å². The van der Waals surface area contributed by atoms with Gasteiger partial charge in [-0.05, 0) is 27.4 Å². The number of hydrogen-bond acceptors (Lipinski definition) is 4. The lowest BCUT2D eigenvalue weighted by atomic mass is 10.4. The SMILES string of the molecule is NCCn1cnc(C(=O)NCc2sccc2Br)c1. The molecule has 7 heteroatoms. The minimum atomic E-state index is -0.175. The smallest absolute Gasteiger partial charge is 0.271 e. The molecule has 0 unspecified atom stereocenters. The molecule has 0 aliphatic heterocycles. The molecule has 18 heavy (non-hydrogen) atoms. The fourth-order valence-corrected chi connectivity index (χ4v) is 2.88. The molecule has 0 aliphatic rings. The van der Waals surface area contributed by atoms with E-state index in [2.05, 4.69) is 26.2 Å². The first-order valence-electron chi connectivity index (χ1n) is 5.42. The van der Waals surface area contributed by atoms with Crippen molar-refractivity contribution in [2.75, 3.05) is 6.54 Å². The highest BCUT2D eigenvalue weighted by Crippen LogP contribution is 2.22. The summed E-state index contributed by atoms with van der Waals surface area (Å²) >= 11 is 5.02. The van der Waals surface area contributed by atoms with E-state index >= 15 is 0 Å². The van der Waals surface area contributed by atoms with Crippen LogP contribution in [0.3, 0.4) is 0 Å². The van der Waals surface area contributed by atoms with Crippen molar-refractivity contribution in [3.8, 4) is 0 Å². The number of nitrogens with one attached hydrogen (secondary N) is 1. The highest BCUT2D eigenvalue weighted by atomic mass is 79.9. The molecule has 2 aromatic rings. The van der Waals surface area contributed by atoms with Crippen molar-refractivity contribution in [3.63, 3.8) is 0 Å². The van der Waals surface area contributed by atoms with Crippen LogP contribution in [0.15, 0.2) is 28.4 Å². The van der Waals surface area contributed by atoms with Crippen molar-refractivity contribution in [2.24, 2.45) is 5.73 Å². The molecule has 0 saturated carbocycles. The van der Waals surface area contributed by atoms with Gasteiger partial charge in [0, 0.05) is 28.6 Å². The number of halogens is 1. The van der Waals surface area contributed by atoms with E-state index in [9.17, 15) is 4.79 Å². The zero-order chi connectivity index (χ0) is 13.0. The molecule has 0 fully saturated rings. The quantitative estimate of drug-likeness (QED) is 0.875. The molecule has 0 spiro atoms. The van der Waals surface area contributed by atoms with Crippen LogP contribution in [0.4, 0.5) is 0 Å². The predicted molar refractivity (Wildman–Crippen MR) is 74.5 cm³/mol. The normalized spacial score (nSPS) is 10.6. The summed E-state index contributed by atoms with van der Waals surface area (Å²) in [6, 6.07) is 1.96. The lowest BCUT2D eigenvalue weighted by molar-refractivity contribution is 0.0946. The van der Waals surface area contributed by atoms with Crippen molar-refractivity contribution < 1.29 is 4.79 Å². The van der Waals surface area contributed by atoms with Gasteiger partial charge in [-0.1, -0.05) is 0 Å². The van der Waals surface area contributed by atoms with Gasteiger partial charge in [-0.15, -0.1) is 11.3 Å². The molecule has 0 saturated heterocycles. The van der Waals surface area contributed by atoms with E-state index in [0.29, 0.717) is 25.3 Å². The zero-order valence-corrected chi connectivity index (χ0v) is 12.0. The van der Waals surface area contributed by atoms with Crippen LogP contribution >= 0.6 is 27.3 Å². The summed E-state index contributed by atoms with van der Waals surface area (Å²) in [5.41, 5.74) is 5.85. The maximum Gasteiger partial charge on any atom is 0.271 e. The first kappa shape index (κ1) is 13.3. The summed E-state index contributed by atoms with van der Waals surface area (Å²) in [6.07, 6.45) is 3.31. The van der Waals surface area contributed by atoms with Gasteiger partial charge in [-0.3, -0.25) is 4.79 Å². The summed E-state index contributed by atoms with van der Waals surface area (Å²) in [5, 5.41) is 4.81. The Labute approximate surface area is 117 Å². The minimum absolute atomic E-state index is 0.175. The van der Waals surface area contributed by atoms with Crippen molar-refractivity contribution in [1.29, 1.82) is 0 Å². The third-order valence-corrected chi connectivity index (χ3v) is 4.28. The molecule has 5 nitrogen and oxygen atoms in total. The highest BCUT2D eigenvalue weighted by molar-refractivity contribution is 9.10. The van der Waals surface area contributed by atoms with Gasteiger partial charge in [0.15, 0.2) is 0 Å². The van der Waals surface area contributed by atoms with Crippen LogP contribution < -0.4 is 11.1 Å². The average molecular weight is 329 g/mol. The Morgan fingerprint density at radius 3 is 3.11 bits per heavy atom. The molecule has 0 atom stereocenters. The Morgan fingerprint density at radius 2 is 2.44 bits per heavy atom. The van der Waals surface area contributed by atoms with Crippen LogP contribution in [-0.4, -0.2) is 22.0 Å². The lowest BCUT2D eigenvalue weighted by Gasteiger charge is -2.01. The molecular formula is C11H13BrN4OS. The molecule has 0 aromatic carbocycles. The topological polar surface area (TPSA) is 72.9 Å². The molecule has 2 heterocycles. The van der Waals surface area contributed by atoms with Crippen LogP contribution in [-0.2, 0) is 13.1 Å². The maximum absolute atomic E-state index is 11.8. The number of amides is 1. The number of carbonyl (C=O) groups is 1. The van der Waals surface area contributed by atoms with Gasteiger partial charge < -0.3 is 15.6 Å². The van der Waals surface area contributed by atoms with Gasteiger partial charge in [0.25, 0.3) is 5.91 Å². The molecule has 0 bridgehead atoms. The number of rotatable bonds is 5. The van der Waals surface area contributed by atoms with Gasteiger partial charge in [0.05, 0.1) is 12.9 Å². The Morgan fingerprint density at radius 1 is 1.61 bits per heavy atom. The number of imidazole rings is 1. The van der Waals surface area contributed by atoms with Crippen LogP contribution in [0.5, 0.6) is 0 Å². The molecule has 3 N–H and O–H groups in total. The molecule has 2 aromatic heterocycles. The van der Waals surface area contributed by atoms with Crippen LogP contribution in [0.25, 0.3) is 0 Å². The summed E-state index contributed by atoms with van der Waals surface area (Å²) in [6.45, 7) is 1.69. The lowest BCUT2D eigenvalue weighted by Crippen LogP contribution is -2.22. The number of hydrogen-bond donors (Lipinski definition) is 2. The monoisotopic (exact) mass is 328 g/mol. The predicted octanol–water partition coefficient (Wildman–Crippen LogP) is 1.60. The number of thiophene rings is 1. The van der Waals surface area contributed by atoms with Crippen molar-refractivity contribution in [1.82, 2.24) is 14.9 Å². The number of nitrogens with two attached hydrogens (primary N) is 1. The van der Waals surface area contributed by atoms with Gasteiger partial charge in [0.2, 0.25) is 0 Å². The third kappa shape index (κ3) is 3.18. The Balaban J connectivity index is 1.93. The first-order valence-corrected chi connectivity index (χ1v) is 7.10. The molecule has 96 valence electrons. The number of carbonyl (C=O) groups excluding carboxylic acids is 1. The molecule has 0 aliphatic carbocycles. The fraction of sp³-hybridized carbons (Fsp3) is 0.273. The van der Waals surface area contributed by atoms with E-state index in [1.807, 2.05) is 11.4 Å². The first-order chi connectivity index (χ1) is 8.70. The van der Waals surface area contributed by atoms with Crippen molar-refractivity contribution in [3.05, 3.63) is 39.0 Å². The summed E-state index contributed by atoms with van der Waals surface area (Å²) < 4.78 is 2.82. The van der Waals surface area contributed by atoms with Gasteiger partial charge in [-0.25, -0.2) is 4.98 Å². The van der Waals surface area contributed by atoms with Crippen molar-refractivity contribution >= 4 is 33.2 Å². The van der Waals surface area contributed by atoms with E-state index in [1.165, 1.54) is 0 Å². The highest BCUT2D eigenvalue weighted by Gasteiger charge is 2.10. The van der Waals surface area contributed by atoms with E-state index in [0.717, 1.165) is 9.35 Å². The van der Waals surface area contributed by atoms with E-state index < -0.39 is 0 Å². The third-order valence-electron chi connectivity index (χ3n) is 2.35. The molecule has 2 rings (SSSR count). The fourth-order valence-electron chi connectivity index (χ4n) is 1.45. The minimum Gasteiger partial charge on any atom is -0.346 e. The van der Waals surface area contributed by atoms with Crippen molar-refractivity contribution in [2.45, 2.75) is 13.1 Å². The van der Waals surface area contributed by atoms with Gasteiger partial charge >= 0.3 is 0 Å². The Hall–Kier alpha value is -1.18. The maximum atomic E-state index is 11.8. The Kier molecular flexibility index (Phi) is 4.51. The van der Waals surface area contributed by atoms with Crippen LogP contribution in [0, 0.1) is 0 Å². The second-order valence-corrected chi connectivity index (χ2v) is 5.51. The zero-order valence-electron chi connectivity index (χ0n) is 9.60. The van der Waals surface area contributed by atoms with Crippen LogP contribution in [0.1, 0.15) is 15.4 Å². The summed E-state index contributed by atoms with van der Waals surface area (Å²) in [4.78, 5) is 17.0. The molecule has 1 amide bonds. The Bertz CT molecular complexity index is 537.